The highest BCUT2D eigenvalue weighted by molar-refractivity contribution is 6.36. The maximum absolute atomic E-state index is 13.4. The minimum absolute atomic E-state index is 0.0354. The Hall–Kier alpha value is -3.56. The third-order valence-electron chi connectivity index (χ3n) is 4.88. The number of anilines is 1. The van der Waals surface area contributed by atoms with Gasteiger partial charge in [-0.1, -0.05) is 12.1 Å². The van der Waals surface area contributed by atoms with E-state index in [1.807, 2.05) is 0 Å². The Morgan fingerprint density at radius 3 is 2.58 bits per heavy atom. The van der Waals surface area contributed by atoms with E-state index in [2.05, 4.69) is 10.1 Å². The van der Waals surface area contributed by atoms with E-state index in [1.54, 1.807) is 4.90 Å². The van der Waals surface area contributed by atoms with E-state index in [1.165, 1.54) is 37.6 Å². The number of carbonyl (C=O) groups excluding carboxylic acids is 3. The van der Waals surface area contributed by atoms with Gasteiger partial charge in [0, 0.05) is 30.1 Å². The van der Waals surface area contributed by atoms with Crippen molar-refractivity contribution in [3.8, 4) is 0 Å². The van der Waals surface area contributed by atoms with Gasteiger partial charge >= 0.3 is 18.1 Å². The summed E-state index contributed by atoms with van der Waals surface area (Å²) >= 11 is 0. The molecule has 1 saturated heterocycles. The van der Waals surface area contributed by atoms with E-state index in [9.17, 15) is 27.6 Å². The number of alkyl halides is 3. The molecular weight excluding hydrogens is 417 g/mol. The van der Waals surface area contributed by atoms with Gasteiger partial charge in [-0.25, -0.2) is 9.59 Å². The SMILES string of the molecule is COC(=O)/C=C/N1CCC/C1=C\C(C(=O)OC)=C1\C(=O)Nc2c1cccc2C(F)(F)F. The van der Waals surface area contributed by atoms with Gasteiger partial charge in [0.2, 0.25) is 0 Å². The second-order valence-electron chi connectivity index (χ2n) is 6.73. The zero-order valence-electron chi connectivity index (χ0n) is 16.7. The summed E-state index contributed by atoms with van der Waals surface area (Å²) in [5.74, 6) is -2.27. The van der Waals surface area contributed by atoms with Crippen molar-refractivity contribution >= 4 is 29.1 Å². The fourth-order valence-corrected chi connectivity index (χ4v) is 3.47. The zero-order valence-corrected chi connectivity index (χ0v) is 16.7. The number of para-hydroxylation sites is 1. The van der Waals surface area contributed by atoms with Crippen LogP contribution < -0.4 is 5.32 Å². The number of amides is 1. The van der Waals surface area contributed by atoms with E-state index in [-0.39, 0.29) is 16.7 Å². The topological polar surface area (TPSA) is 84.9 Å². The van der Waals surface area contributed by atoms with Crippen molar-refractivity contribution < 1.29 is 37.0 Å². The molecule has 0 bridgehead atoms. The van der Waals surface area contributed by atoms with Crippen LogP contribution in [0.3, 0.4) is 0 Å². The lowest BCUT2D eigenvalue weighted by atomic mass is 9.98. The lowest BCUT2D eigenvalue weighted by Crippen LogP contribution is -2.15. The molecule has 2 aliphatic rings. The van der Waals surface area contributed by atoms with Crippen molar-refractivity contribution in [1.29, 1.82) is 0 Å². The third kappa shape index (κ3) is 4.47. The second-order valence-corrected chi connectivity index (χ2v) is 6.73. The summed E-state index contributed by atoms with van der Waals surface area (Å²) < 4.78 is 49.4. The van der Waals surface area contributed by atoms with Crippen LogP contribution in [-0.2, 0) is 30.0 Å². The van der Waals surface area contributed by atoms with Crippen LogP contribution in [-0.4, -0.2) is 43.5 Å². The van der Waals surface area contributed by atoms with E-state index in [0.717, 1.165) is 13.2 Å². The molecule has 2 heterocycles. The van der Waals surface area contributed by atoms with Crippen molar-refractivity contribution in [3.63, 3.8) is 0 Å². The first kappa shape index (κ1) is 22.1. The van der Waals surface area contributed by atoms with Crippen molar-refractivity contribution in [2.24, 2.45) is 0 Å². The number of carbonyl (C=O) groups is 3. The minimum Gasteiger partial charge on any atom is -0.466 e. The van der Waals surface area contributed by atoms with E-state index in [4.69, 9.17) is 4.74 Å². The molecule has 31 heavy (non-hydrogen) atoms. The zero-order chi connectivity index (χ0) is 22.8. The molecule has 0 unspecified atom stereocenters. The molecule has 1 N–H and O–H groups in total. The summed E-state index contributed by atoms with van der Waals surface area (Å²) in [6.07, 6.45) is 0.647. The summed E-state index contributed by atoms with van der Waals surface area (Å²) in [4.78, 5) is 38.2. The molecule has 1 aromatic rings. The van der Waals surface area contributed by atoms with Crippen molar-refractivity contribution in [3.05, 3.63) is 58.9 Å². The number of benzene rings is 1. The smallest absolute Gasteiger partial charge is 0.418 e. The Morgan fingerprint density at radius 1 is 1.19 bits per heavy atom. The largest absolute Gasteiger partial charge is 0.466 e. The van der Waals surface area contributed by atoms with Crippen molar-refractivity contribution in [2.75, 3.05) is 26.1 Å². The van der Waals surface area contributed by atoms with Gasteiger partial charge in [0.15, 0.2) is 0 Å². The molecule has 164 valence electrons. The number of fused-ring (bicyclic) bond motifs is 1. The van der Waals surface area contributed by atoms with Gasteiger partial charge in [0.1, 0.15) is 0 Å². The van der Waals surface area contributed by atoms with Gasteiger partial charge in [-0.15, -0.1) is 0 Å². The minimum atomic E-state index is -4.68. The molecule has 7 nitrogen and oxygen atoms in total. The highest BCUT2D eigenvalue weighted by Gasteiger charge is 2.40. The molecular formula is C21H19F3N2O5. The first-order valence-electron chi connectivity index (χ1n) is 9.25. The third-order valence-corrected chi connectivity index (χ3v) is 4.88. The molecule has 0 aliphatic carbocycles. The van der Waals surface area contributed by atoms with Crippen LogP contribution in [0.2, 0.25) is 0 Å². The first-order valence-corrected chi connectivity index (χ1v) is 9.25. The predicted molar refractivity (Wildman–Crippen MR) is 104 cm³/mol. The van der Waals surface area contributed by atoms with Crippen LogP contribution in [0.4, 0.5) is 18.9 Å². The molecule has 2 aliphatic heterocycles. The van der Waals surface area contributed by atoms with Gasteiger partial charge in [-0.05, 0) is 25.0 Å². The molecule has 0 spiro atoms. The Labute approximate surface area is 175 Å². The summed E-state index contributed by atoms with van der Waals surface area (Å²) in [6.45, 7) is 0.546. The predicted octanol–water partition coefficient (Wildman–Crippen LogP) is 3.25. The molecule has 1 aromatic carbocycles. The van der Waals surface area contributed by atoms with Crippen LogP contribution in [0.1, 0.15) is 24.0 Å². The molecule has 3 rings (SSSR count). The Morgan fingerprint density at radius 2 is 1.94 bits per heavy atom. The average Bonchev–Trinajstić information content (AvgIpc) is 3.31. The molecule has 0 aromatic heterocycles. The number of rotatable bonds is 4. The molecule has 0 saturated carbocycles. The number of hydrogen-bond acceptors (Lipinski definition) is 6. The number of nitrogens with zero attached hydrogens (tertiary/aromatic N) is 1. The molecule has 1 fully saturated rings. The number of methoxy groups -OCH3 is 2. The van der Waals surface area contributed by atoms with E-state index in [0.29, 0.717) is 25.1 Å². The maximum atomic E-state index is 13.4. The van der Waals surface area contributed by atoms with Gasteiger partial charge in [-0.2, -0.15) is 13.2 Å². The number of nitrogens with one attached hydrogen (secondary N) is 1. The van der Waals surface area contributed by atoms with Gasteiger partial charge in [-0.3, -0.25) is 4.79 Å². The number of allylic oxidation sites excluding steroid dienone is 1. The number of hydrogen-bond donors (Lipinski definition) is 1. The van der Waals surface area contributed by atoms with Crippen LogP contribution in [0, 0.1) is 0 Å². The van der Waals surface area contributed by atoms with Crippen molar-refractivity contribution in [2.45, 2.75) is 19.0 Å². The molecule has 1 amide bonds. The summed E-state index contributed by atoms with van der Waals surface area (Å²) in [5, 5.41) is 2.22. The fraction of sp³-hybridized carbons (Fsp3) is 0.286. The summed E-state index contributed by atoms with van der Waals surface area (Å²) in [7, 11) is 2.35. The summed E-state index contributed by atoms with van der Waals surface area (Å²) in [6, 6.07) is 3.36. The lowest BCUT2D eigenvalue weighted by molar-refractivity contribution is -0.137. The van der Waals surface area contributed by atoms with Crippen LogP contribution in [0.25, 0.3) is 5.57 Å². The van der Waals surface area contributed by atoms with E-state index < -0.39 is 35.3 Å². The van der Waals surface area contributed by atoms with Crippen LogP contribution >= 0.6 is 0 Å². The van der Waals surface area contributed by atoms with Gasteiger partial charge in [0.25, 0.3) is 5.91 Å². The first-order chi connectivity index (χ1) is 14.7. The lowest BCUT2D eigenvalue weighted by Gasteiger charge is -2.15. The monoisotopic (exact) mass is 436 g/mol. The van der Waals surface area contributed by atoms with E-state index >= 15 is 0 Å². The molecule has 10 heteroatoms. The van der Waals surface area contributed by atoms with Gasteiger partial charge in [0.05, 0.1) is 36.6 Å². The standard InChI is InChI=1S/C21H19F3N2O5/c1-30-16(27)8-10-26-9-4-5-12(26)11-14(20(29)31-2)17-13-6-3-7-15(21(22,23)24)18(13)25-19(17)28/h3,6-8,10-11H,4-5,9H2,1-2H3,(H,25,28)/b10-8+,12-11+,17-14-. The number of likely N-dealkylation sites (tertiary alicyclic amines) is 1. The van der Waals surface area contributed by atoms with Gasteiger partial charge < -0.3 is 19.7 Å². The Kier molecular flexibility index (Phi) is 6.19. The Bertz CT molecular complexity index is 1020. The maximum Gasteiger partial charge on any atom is 0.418 e. The number of halogens is 3. The van der Waals surface area contributed by atoms with Crippen LogP contribution in [0.15, 0.2) is 47.8 Å². The summed E-state index contributed by atoms with van der Waals surface area (Å²) in [5.41, 5.74) is -1.22. The highest BCUT2D eigenvalue weighted by atomic mass is 19.4. The molecule has 0 radical (unpaired) electrons. The fourth-order valence-electron chi connectivity index (χ4n) is 3.47. The second kappa shape index (κ2) is 8.66. The highest BCUT2D eigenvalue weighted by Crippen LogP contribution is 2.43. The molecule has 0 atom stereocenters. The quantitative estimate of drug-likeness (QED) is 0.576. The van der Waals surface area contributed by atoms with Crippen LogP contribution in [0.5, 0.6) is 0 Å². The normalized spacial score (nSPS) is 18.9. The number of ether oxygens (including phenoxy) is 2. The average molecular weight is 436 g/mol. The van der Waals surface area contributed by atoms with Crippen molar-refractivity contribution in [1.82, 2.24) is 4.90 Å². The Balaban J connectivity index is 2.14. The number of esters is 2.